The summed E-state index contributed by atoms with van der Waals surface area (Å²) < 4.78 is 0. The molecule has 0 aromatic heterocycles. The average Bonchev–Trinajstić information content (AvgIpc) is 2.47. The van der Waals surface area contributed by atoms with Crippen LogP contribution in [0.5, 0.6) is 11.5 Å². The zero-order valence-corrected chi connectivity index (χ0v) is 12.7. The van der Waals surface area contributed by atoms with Crippen LogP contribution < -0.4 is 0 Å². The van der Waals surface area contributed by atoms with Crippen molar-refractivity contribution in [3.05, 3.63) is 58.1 Å². The van der Waals surface area contributed by atoms with Gasteiger partial charge >= 0.3 is 0 Å². The molecule has 0 aliphatic carbocycles. The largest absolute Gasteiger partial charge is 0.508 e. The lowest BCUT2D eigenvalue weighted by molar-refractivity contribution is 0.0981. The molecule has 5 heteroatoms. The Bertz CT molecular complexity index is 720. The van der Waals surface area contributed by atoms with Gasteiger partial charge in [0.2, 0.25) is 0 Å². The van der Waals surface area contributed by atoms with Crippen LogP contribution in [-0.4, -0.2) is 21.8 Å². The van der Waals surface area contributed by atoms with Crippen LogP contribution in [0.1, 0.15) is 39.6 Å². The lowest BCUT2D eigenvalue weighted by Crippen LogP contribution is -2.03. The van der Waals surface area contributed by atoms with E-state index in [4.69, 9.17) is 11.6 Å². The van der Waals surface area contributed by atoms with Gasteiger partial charge in [0.25, 0.3) is 0 Å². The molecule has 2 aromatic carbocycles. The second-order valence-corrected chi connectivity index (χ2v) is 5.38. The molecule has 0 bridgehead atoms. The molecule has 0 saturated carbocycles. The number of rotatable bonds is 5. The van der Waals surface area contributed by atoms with Crippen molar-refractivity contribution < 1.29 is 19.8 Å². The van der Waals surface area contributed by atoms with Crippen molar-refractivity contribution in [1.29, 1.82) is 0 Å². The predicted octanol–water partition coefficient (Wildman–Crippen LogP) is 3.77. The first-order chi connectivity index (χ1) is 10.4. The molecule has 0 aliphatic heterocycles. The van der Waals surface area contributed by atoms with Crippen molar-refractivity contribution in [3.63, 3.8) is 0 Å². The summed E-state index contributed by atoms with van der Waals surface area (Å²) in [5, 5.41) is 20.4. The fourth-order valence-corrected chi connectivity index (χ4v) is 2.30. The van der Waals surface area contributed by atoms with Gasteiger partial charge in [0.1, 0.15) is 11.5 Å². The van der Waals surface area contributed by atoms with E-state index in [9.17, 15) is 19.8 Å². The molecule has 0 heterocycles. The summed E-state index contributed by atoms with van der Waals surface area (Å²) >= 11 is 5.77. The highest BCUT2D eigenvalue weighted by Gasteiger charge is 2.16. The Morgan fingerprint density at radius 1 is 1.05 bits per heavy atom. The molecule has 2 aromatic rings. The van der Waals surface area contributed by atoms with Gasteiger partial charge in [0.15, 0.2) is 11.6 Å². The average molecular weight is 319 g/mol. The predicted molar refractivity (Wildman–Crippen MR) is 83.9 cm³/mol. The molecule has 114 valence electrons. The quantitative estimate of drug-likeness (QED) is 0.823. The van der Waals surface area contributed by atoms with Crippen LogP contribution in [0.15, 0.2) is 36.4 Å². The second-order valence-electron chi connectivity index (χ2n) is 4.95. The number of carbonyl (C=O) groups excluding carboxylic acids is 2. The monoisotopic (exact) mass is 318 g/mol. The maximum Gasteiger partial charge on any atom is 0.163 e. The molecule has 0 unspecified atom stereocenters. The maximum atomic E-state index is 12.1. The first-order valence-electron chi connectivity index (χ1n) is 6.73. The van der Waals surface area contributed by atoms with Gasteiger partial charge in [-0.15, -0.1) is 0 Å². The Hall–Kier alpha value is -2.33. The van der Waals surface area contributed by atoms with E-state index < -0.39 is 0 Å². The Labute approximate surface area is 133 Å². The van der Waals surface area contributed by atoms with Crippen LogP contribution in [0, 0.1) is 0 Å². The Morgan fingerprint density at radius 3 is 2.27 bits per heavy atom. The Kier molecular flexibility index (Phi) is 4.83. The maximum absolute atomic E-state index is 12.1. The van der Waals surface area contributed by atoms with E-state index in [1.54, 1.807) is 24.3 Å². The molecule has 0 atom stereocenters. The number of carbonyl (C=O) groups is 2. The zero-order chi connectivity index (χ0) is 16.3. The van der Waals surface area contributed by atoms with Crippen molar-refractivity contribution >= 4 is 23.2 Å². The van der Waals surface area contributed by atoms with E-state index in [1.165, 1.54) is 19.1 Å². The first kappa shape index (κ1) is 16.0. The van der Waals surface area contributed by atoms with Gasteiger partial charge in [-0.3, -0.25) is 9.59 Å². The summed E-state index contributed by atoms with van der Waals surface area (Å²) in [4.78, 5) is 23.5. The fraction of sp³-hybridized carbons (Fsp3) is 0.176. The first-order valence-corrected chi connectivity index (χ1v) is 7.11. The SMILES string of the molecule is CC(=O)c1ccc(O)c(CCC(=O)c2ccc(Cl)cc2)c1O. The minimum absolute atomic E-state index is 0.101. The summed E-state index contributed by atoms with van der Waals surface area (Å²) in [5.74, 6) is -0.839. The van der Waals surface area contributed by atoms with Crippen LogP contribution >= 0.6 is 11.6 Å². The second kappa shape index (κ2) is 6.62. The smallest absolute Gasteiger partial charge is 0.163 e. The molecule has 4 nitrogen and oxygen atoms in total. The van der Waals surface area contributed by atoms with E-state index in [0.29, 0.717) is 10.6 Å². The number of aromatic hydroxyl groups is 2. The molecule has 0 spiro atoms. The van der Waals surface area contributed by atoms with Crippen LogP contribution in [0.3, 0.4) is 0 Å². The number of ketones is 2. The van der Waals surface area contributed by atoms with Crippen molar-refractivity contribution in [1.82, 2.24) is 0 Å². The van der Waals surface area contributed by atoms with Crippen molar-refractivity contribution in [2.24, 2.45) is 0 Å². The number of hydrogen-bond donors (Lipinski definition) is 2. The van der Waals surface area contributed by atoms with Gasteiger partial charge in [-0.05, 0) is 49.7 Å². The third-order valence-corrected chi connectivity index (χ3v) is 3.66. The van der Waals surface area contributed by atoms with Crippen LogP contribution in [0.4, 0.5) is 0 Å². The van der Waals surface area contributed by atoms with Crippen molar-refractivity contribution in [2.45, 2.75) is 19.8 Å². The van der Waals surface area contributed by atoms with Crippen LogP contribution in [-0.2, 0) is 6.42 Å². The third kappa shape index (κ3) is 3.46. The molecule has 0 amide bonds. The van der Waals surface area contributed by atoms with Crippen LogP contribution in [0.25, 0.3) is 0 Å². The van der Waals surface area contributed by atoms with Gasteiger partial charge in [0.05, 0.1) is 5.56 Å². The summed E-state index contributed by atoms with van der Waals surface area (Å²) in [7, 11) is 0. The summed E-state index contributed by atoms with van der Waals surface area (Å²) in [5.41, 5.74) is 0.841. The lowest BCUT2D eigenvalue weighted by Gasteiger charge is -2.10. The van der Waals surface area contributed by atoms with Gasteiger partial charge < -0.3 is 10.2 Å². The van der Waals surface area contributed by atoms with E-state index in [-0.39, 0.29) is 47.0 Å². The van der Waals surface area contributed by atoms with E-state index in [0.717, 1.165) is 0 Å². The van der Waals surface area contributed by atoms with Crippen molar-refractivity contribution in [3.8, 4) is 11.5 Å². The van der Waals surface area contributed by atoms with Gasteiger partial charge in [0, 0.05) is 22.6 Å². The summed E-state index contributed by atoms with van der Waals surface area (Å²) in [6, 6.07) is 9.20. The van der Waals surface area contributed by atoms with E-state index >= 15 is 0 Å². The van der Waals surface area contributed by atoms with Gasteiger partial charge in [-0.2, -0.15) is 0 Å². The minimum Gasteiger partial charge on any atom is -0.508 e. The molecule has 0 radical (unpaired) electrons. The highest BCUT2D eigenvalue weighted by Crippen LogP contribution is 2.32. The number of hydrogen-bond acceptors (Lipinski definition) is 4. The normalized spacial score (nSPS) is 10.5. The van der Waals surface area contributed by atoms with Crippen molar-refractivity contribution in [2.75, 3.05) is 0 Å². The highest BCUT2D eigenvalue weighted by molar-refractivity contribution is 6.30. The van der Waals surface area contributed by atoms with E-state index in [1.807, 2.05) is 0 Å². The van der Waals surface area contributed by atoms with E-state index in [2.05, 4.69) is 0 Å². The molecule has 2 N–H and O–H groups in total. The molecular formula is C17H15ClO4. The van der Waals surface area contributed by atoms with Gasteiger partial charge in [-0.1, -0.05) is 11.6 Å². The molecule has 2 rings (SSSR count). The minimum atomic E-state index is -0.303. The number of halogens is 1. The topological polar surface area (TPSA) is 74.6 Å². The van der Waals surface area contributed by atoms with Gasteiger partial charge in [-0.25, -0.2) is 0 Å². The number of benzene rings is 2. The molecule has 0 fully saturated rings. The van der Waals surface area contributed by atoms with Crippen LogP contribution in [0.2, 0.25) is 5.02 Å². The summed E-state index contributed by atoms with van der Waals surface area (Å²) in [6.45, 7) is 1.33. The molecule has 0 saturated heterocycles. The summed E-state index contributed by atoms with van der Waals surface area (Å²) in [6.07, 6.45) is 0.240. The standard InChI is InChI=1S/C17H15ClO4/c1-10(19)13-6-9-16(21)14(17(13)22)7-8-15(20)11-2-4-12(18)5-3-11/h2-6,9,21-22H,7-8H2,1H3. The third-order valence-electron chi connectivity index (χ3n) is 3.41. The zero-order valence-electron chi connectivity index (χ0n) is 12.0. The molecular weight excluding hydrogens is 304 g/mol. The Morgan fingerprint density at radius 2 is 1.68 bits per heavy atom. The highest BCUT2D eigenvalue weighted by atomic mass is 35.5. The fourth-order valence-electron chi connectivity index (χ4n) is 2.17. The number of phenolic OH excluding ortho intramolecular Hbond substituents is 2. The molecule has 0 aliphatic rings. The molecule has 22 heavy (non-hydrogen) atoms. The number of phenols is 2. The Balaban J connectivity index is 2.18. The lowest BCUT2D eigenvalue weighted by atomic mass is 9.98. The number of Topliss-reactive ketones (excluding diaryl/α,β-unsaturated/α-hetero) is 2.